The van der Waals surface area contributed by atoms with Crippen LogP contribution in [0.2, 0.25) is 0 Å². The second-order valence-corrected chi connectivity index (χ2v) is 12.1. The fourth-order valence-electron chi connectivity index (χ4n) is 6.70. The number of benzene rings is 5. The molecule has 0 unspecified atom stereocenters. The maximum Gasteiger partial charge on any atom is 0.404 e. The van der Waals surface area contributed by atoms with Gasteiger partial charge in [-0.05, 0) is 53.9 Å². The van der Waals surface area contributed by atoms with E-state index in [-0.39, 0.29) is 43.0 Å². The monoisotopic (exact) mass is 665 g/mol. The van der Waals surface area contributed by atoms with Crippen LogP contribution < -0.4 is 19.7 Å². The minimum atomic E-state index is -1.17. The fraction of sp³-hybridized carbons (Fsp3) is 0.128. The number of amides is 3. The molecule has 1 atom stereocenters. The zero-order valence-corrected chi connectivity index (χ0v) is 26.7. The van der Waals surface area contributed by atoms with Crippen molar-refractivity contribution in [1.82, 2.24) is 20.0 Å². The number of anilines is 2. The highest BCUT2D eigenvalue weighted by Crippen LogP contribution is 2.39. The average molecular weight is 666 g/mol. The van der Waals surface area contributed by atoms with E-state index in [9.17, 15) is 19.5 Å². The first-order valence-corrected chi connectivity index (χ1v) is 16.2. The summed E-state index contributed by atoms with van der Waals surface area (Å²) in [4.78, 5) is 44.2. The summed E-state index contributed by atoms with van der Waals surface area (Å²) < 4.78 is 13.1. The normalized spacial score (nSPS) is 14.6. The van der Waals surface area contributed by atoms with Gasteiger partial charge in [0.05, 0.1) is 22.8 Å². The summed E-state index contributed by atoms with van der Waals surface area (Å²) in [5.41, 5.74) is 4.85. The minimum absolute atomic E-state index is 0.0125. The summed E-state index contributed by atoms with van der Waals surface area (Å²) in [5.74, 6) is 0.153. The zero-order valence-electron chi connectivity index (χ0n) is 26.7. The van der Waals surface area contributed by atoms with E-state index in [0.29, 0.717) is 45.9 Å². The van der Waals surface area contributed by atoms with Gasteiger partial charge in [-0.2, -0.15) is 5.10 Å². The lowest BCUT2D eigenvalue weighted by atomic mass is 9.93. The number of nitrogens with one attached hydrogen (secondary N) is 1. The molecule has 3 heterocycles. The van der Waals surface area contributed by atoms with Crippen molar-refractivity contribution < 1.29 is 29.0 Å². The van der Waals surface area contributed by atoms with Crippen molar-refractivity contribution in [3.05, 3.63) is 144 Å². The number of hydrogen-bond acceptors (Lipinski definition) is 6. The second-order valence-electron chi connectivity index (χ2n) is 12.1. The van der Waals surface area contributed by atoms with E-state index in [0.717, 1.165) is 11.1 Å². The maximum atomic E-state index is 14.8. The van der Waals surface area contributed by atoms with E-state index in [1.807, 2.05) is 109 Å². The van der Waals surface area contributed by atoms with E-state index in [1.165, 1.54) is 0 Å². The van der Waals surface area contributed by atoms with E-state index >= 15 is 0 Å². The average Bonchev–Trinajstić information content (AvgIpc) is 3.78. The van der Waals surface area contributed by atoms with Crippen molar-refractivity contribution in [2.45, 2.75) is 19.0 Å². The van der Waals surface area contributed by atoms with Crippen LogP contribution in [0, 0.1) is 0 Å². The van der Waals surface area contributed by atoms with Gasteiger partial charge in [0.1, 0.15) is 0 Å². The number of carbonyl (C=O) groups is 3. The largest absolute Gasteiger partial charge is 0.465 e. The molecule has 50 heavy (non-hydrogen) atoms. The zero-order chi connectivity index (χ0) is 34.2. The molecule has 0 radical (unpaired) electrons. The molecule has 0 spiro atoms. The molecule has 0 aliphatic carbocycles. The van der Waals surface area contributed by atoms with Gasteiger partial charge in [-0.3, -0.25) is 14.5 Å². The highest BCUT2D eigenvalue weighted by atomic mass is 16.7. The van der Waals surface area contributed by atoms with Gasteiger partial charge in [-0.15, -0.1) is 0 Å². The summed E-state index contributed by atoms with van der Waals surface area (Å²) in [5, 5.41) is 17.4. The van der Waals surface area contributed by atoms with Gasteiger partial charge >= 0.3 is 6.09 Å². The van der Waals surface area contributed by atoms with Gasteiger partial charge in [0.25, 0.3) is 11.8 Å². The SMILES string of the molecule is O=C(O)NC[C@@H]1Cc2ccccc2CN1C(=O)c1cc2c(cc1-n1nc(C(=O)N(c3ccccc3)c3ccccc3)c3ccccc31)OCO2. The molecule has 6 aromatic rings. The topological polar surface area (TPSA) is 126 Å². The Bertz CT molecular complexity index is 2220. The third-order valence-electron chi connectivity index (χ3n) is 9.08. The van der Waals surface area contributed by atoms with Gasteiger partial charge in [0, 0.05) is 35.9 Å². The fourth-order valence-corrected chi connectivity index (χ4v) is 6.70. The molecule has 5 aromatic carbocycles. The van der Waals surface area contributed by atoms with Crippen LogP contribution in [0.25, 0.3) is 16.6 Å². The molecule has 2 aliphatic heterocycles. The Kier molecular flexibility index (Phi) is 7.84. The molecule has 8 rings (SSSR count). The van der Waals surface area contributed by atoms with E-state index in [2.05, 4.69) is 5.32 Å². The van der Waals surface area contributed by atoms with Crippen molar-refractivity contribution >= 4 is 40.2 Å². The lowest BCUT2D eigenvalue weighted by molar-refractivity contribution is 0.0636. The molecule has 0 saturated carbocycles. The molecule has 2 aliphatic rings. The molecular formula is C39H31N5O6. The van der Waals surface area contributed by atoms with E-state index in [1.54, 1.807) is 26.6 Å². The van der Waals surface area contributed by atoms with Crippen molar-refractivity contribution in [2.24, 2.45) is 0 Å². The first kappa shape index (κ1) is 30.7. The summed E-state index contributed by atoms with van der Waals surface area (Å²) in [6, 6.07) is 36.8. The predicted molar refractivity (Wildman–Crippen MR) is 186 cm³/mol. The molecule has 0 saturated heterocycles. The number of fused-ring (bicyclic) bond motifs is 3. The molecule has 0 fully saturated rings. The van der Waals surface area contributed by atoms with Crippen molar-refractivity contribution in [1.29, 1.82) is 0 Å². The molecule has 11 nitrogen and oxygen atoms in total. The quantitative estimate of drug-likeness (QED) is 0.198. The number of para-hydroxylation sites is 3. The maximum absolute atomic E-state index is 14.8. The molecule has 2 N–H and O–H groups in total. The van der Waals surface area contributed by atoms with E-state index < -0.39 is 12.1 Å². The van der Waals surface area contributed by atoms with Crippen LogP contribution in [0.1, 0.15) is 32.0 Å². The van der Waals surface area contributed by atoms with E-state index in [4.69, 9.17) is 14.6 Å². The van der Waals surface area contributed by atoms with Crippen LogP contribution in [0.3, 0.4) is 0 Å². The third-order valence-corrected chi connectivity index (χ3v) is 9.08. The number of hydrogen-bond donors (Lipinski definition) is 2. The van der Waals surface area contributed by atoms with Gasteiger partial charge < -0.3 is 24.8 Å². The molecule has 1 aromatic heterocycles. The summed E-state index contributed by atoms with van der Waals surface area (Å²) >= 11 is 0. The first-order chi connectivity index (χ1) is 24.5. The number of rotatable bonds is 7. The Morgan fingerprint density at radius 2 is 1.42 bits per heavy atom. The van der Waals surface area contributed by atoms with Crippen LogP contribution in [0.15, 0.2) is 121 Å². The molecule has 0 bridgehead atoms. The van der Waals surface area contributed by atoms with Crippen LogP contribution in [0.5, 0.6) is 11.5 Å². The lowest BCUT2D eigenvalue weighted by Crippen LogP contribution is -2.50. The Morgan fingerprint density at radius 3 is 2.12 bits per heavy atom. The second kappa shape index (κ2) is 12.8. The number of ether oxygens (including phenoxy) is 2. The van der Waals surface area contributed by atoms with Crippen molar-refractivity contribution in [3.63, 3.8) is 0 Å². The smallest absolute Gasteiger partial charge is 0.404 e. The summed E-state index contributed by atoms with van der Waals surface area (Å²) in [6.07, 6.45) is -0.694. The van der Waals surface area contributed by atoms with Crippen LogP contribution in [0.4, 0.5) is 16.2 Å². The van der Waals surface area contributed by atoms with Crippen molar-refractivity contribution in [2.75, 3.05) is 18.2 Å². The van der Waals surface area contributed by atoms with Crippen molar-refractivity contribution in [3.8, 4) is 17.2 Å². The third kappa shape index (κ3) is 5.54. The number of carbonyl (C=O) groups excluding carboxylic acids is 2. The van der Waals surface area contributed by atoms with Gasteiger partial charge in [0.15, 0.2) is 17.2 Å². The first-order valence-electron chi connectivity index (χ1n) is 16.2. The number of nitrogens with zero attached hydrogens (tertiary/aromatic N) is 4. The summed E-state index contributed by atoms with van der Waals surface area (Å²) in [7, 11) is 0. The van der Waals surface area contributed by atoms with Crippen LogP contribution in [-0.4, -0.2) is 57.1 Å². The molecule has 248 valence electrons. The molecule has 3 amide bonds. The van der Waals surface area contributed by atoms with Gasteiger partial charge in [-0.1, -0.05) is 78.9 Å². The highest BCUT2D eigenvalue weighted by molar-refractivity contribution is 6.16. The Morgan fingerprint density at radius 1 is 0.800 bits per heavy atom. The Balaban J connectivity index is 1.27. The molecule has 11 heteroatoms. The van der Waals surface area contributed by atoms with Crippen LogP contribution >= 0.6 is 0 Å². The van der Waals surface area contributed by atoms with Gasteiger partial charge in [0.2, 0.25) is 6.79 Å². The number of carboxylic acid groups (broad SMARTS) is 1. The standard InChI is InChI=1S/C39H31N5O6/c45-37(42-23-26-12-8-7-11-25(26)19-29(42)22-40-39(47)48)31-20-34-35(50-24-49-34)21-33(31)44-32-18-10-9-17-30(32)36(41-44)38(46)43(27-13-3-1-4-14-27)28-15-5-2-6-16-28/h1-18,20-21,29,40H,19,22-24H2,(H,47,48)/t29-/m0/s1. The Labute approximate surface area is 286 Å². The predicted octanol–water partition coefficient (Wildman–Crippen LogP) is 6.57. The lowest BCUT2D eigenvalue weighted by Gasteiger charge is -2.37. The van der Waals surface area contributed by atoms with Crippen LogP contribution in [-0.2, 0) is 13.0 Å². The Hall–Kier alpha value is -6.62. The molecular weight excluding hydrogens is 634 g/mol. The van der Waals surface area contributed by atoms with Gasteiger partial charge in [-0.25, -0.2) is 9.48 Å². The number of aromatic nitrogens is 2. The highest BCUT2D eigenvalue weighted by Gasteiger charge is 2.34. The summed E-state index contributed by atoms with van der Waals surface area (Å²) in [6.45, 7) is 0.316. The minimum Gasteiger partial charge on any atom is -0.465 e.